The van der Waals surface area contributed by atoms with Gasteiger partial charge in [0.05, 0.1) is 5.56 Å². The summed E-state index contributed by atoms with van der Waals surface area (Å²) in [6, 6.07) is 5.33. The molecule has 0 bridgehead atoms. The van der Waals surface area contributed by atoms with Gasteiger partial charge in [-0.05, 0) is 42.9 Å². The molecule has 6 heteroatoms. The standard InChI is InChI=1S/C17H22N4O2/c1-2-13-3-4-15(16(22)9-13)17(23)20-7-5-14(6-8-20)10-21-12-18-11-19-21/h3-4,9,11-12,14,22H,2,5-8,10H2,1H3. The van der Waals surface area contributed by atoms with Gasteiger partial charge >= 0.3 is 0 Å². The van der Waals surface area contributed by atoms with Gasteiger partial charge in [0, 0.05) is 19.6 Å². The van der Waals surface area contributed by atoms with Crippen molar-refractivity contribution in [2.75, 3.05) is 13.1 Å². The summed E-state index contributed by atoms with van der Waals surface area (Å²) in [4.78, 5) is 18.4. The molecule has 1 N–H and O–H groups in total. The van der Waals surface area contributed by atoms with E-state index in [1.54, 1.807) is 24.8 Å². The van der Waals surface area contributed by atoms with Crippen molar-refractivity contribution in [3.05, 3.63) is 42.0 Å². The SMILES string of the molecule is CCc1ccc(C(=O)N2CCC(Cn3cncn3)CC2)c(O)c1. The molecule has 23 heavy (non-hydrogen) atoms. The largest absolute Gasteiger partial charge is 0.507 e. The number of carbonyl (C=O) groups excluding carboxylic acids is 1. The fourth-order valence-corrected chi connectivity index (χ4v) is 3.06. The number of likely N-dealkylation sites (tertiary alicyclic amines) is 1. The number of phenolic OH excluding ortho intramolecular Hbond substituents is 1. The highest BCUT2D eigenvalue weighted by atomic mass is 16.3. The molecule has 0 spiro atoms. The zero-order chi connectivity index (χ0) is 16.2. The average molecular weight is 314 g/mol. The summed E-state index contributed by atoms with van der Waals surface area (Å²) in [6.07, 6.45) is 6.00. The second kappa shape index (κ2) is 6.81. The van der Waals surface area contributed by atoms with Crippen LogP contribution in [0, 0.1) is 5.92 Å². The first kappa shape index (κ1) is 15.5. The maximum atomic E-state index is 12.6. The van der Waals surface area contributed by atoms with Gasteiger partial charge in [-0.3, -0.25) is 9.48 Å². The van der Waals surface area contributed by atoms with E-state index in [0.717, 1.165) is 31.4 Å². The normalized spacial score (nSPS) is 15.8. The molecule has 1 saturated heterocycles. The van der Waals surface area contributed by atoms with Crippen LogP contribution in [0.4, 0.5) is 0 Å². The molecule has 0 atom stereocenters. The molecular weight excluding hydrogens is 292 g/mol. The van der Waals surface area contributed by atoms with Crippen LogP contribution in [0.2, 0.25) is 0 Å². The number of amides is 1. The van der Waals surface area contributed by atoms with Gasteiger partial charge in [0.15, 0.2) is 0 Å². The van der Waals surface area contributed by atoms with Gasteiger partial charge in [-0.2, -0.15) is 5.10 Å². The number of piperidine rings is 1. The van der Waals surface area contributed by atoms with E-state index in [1.807, 2.05) is 22.6 Å². The molecule has 6 nitrogen and oxygen atoms in total. The number of hydrogen-bond donors (Lipinski definition) is 1. The first-order chi connectivity index (χ1) is 11.2. The van der Waals surface area contributed by atoms with Crippen molar-refractivity contribution in [3.8, 4) is 5.75 Å². The second-order valence-corrected chi connectivity index (χ2v) is 6.06. The number of nitrogens with zero attached hydrogens (tertiary/aromatic N) is 4. The predicted octanol–water partition coefficient (Wildman–Crippen LogP) is 2.10. The topological polar surface area (TPSA) is 71.2 Å². The van der Waals surface area contributed by atoms with E-state index in [2.05, 4.69) is 10.1 Å². The molecule has 1 aromatic heterocycles. The van der Waals surface area contributed by atoms with E-state index in [1.165, 1.54) is 0 Å². The molecule has 3 rings (SSSR count). The van der Waals surface area contributed by atoms with Crippen LogP contribution in [-0.4, -0.2) is 43.8 Å². The van der Waals surface area contributed by atoms with Crippen molar-refractivity contribution in [1.29, 1.82) is 0 Å². The average Bonchev–Trinajstić information content (AvgIpc) is 3.08. The maximum Gasteiger partial charge on any atom is 0.257 e. The third-order valence-electron chi connectivity index (χ3n) is 4.51. The molecule has 0 unspecified atom stereocenters. The predicted molar refractivity (Wildman–Crippen MR) is 86.1 cm³/mol. The molecule has 1 amide bonds. The van der Waals surface area contributed by atoms with Gasteiger partial charge in [-0.1, -0.05) is 13.0 Å². The third kappa shape index (κ3) is 3.52. The second-order valence-electron chi connectivity index (χ2n) is 6.06. The van der Waals surface area contributed by atoms with Crippen molar-refractivity contribution in [2.45, 2.75) is 32.7 Å². The van der Waals surface area contributed by atoms with Crippen LogP contribution >= 0.6 is 0 Å². The quantitative estimate of drug-likeness (QED) is 0.938. The molecular formula is C17H22N4O2. The fourth-order valence-electron chi connectivity index (χ4n) is 3.06. The highest BCUT2D eigenvalue weighted by molar-refractivity contribution is 5.97. The number of hydrogen-bond acceptors (Lipinski definition) is 4. The summed E-state index contributed by atoms with van der Waals surface area (Å²) in [5.74, 6) is 0.514. The monoisotopic (exact) mass is 314 g/mol. The molecule has 2 aromatic rings. The Balaban J connectivity index is 1.60. The number of benzene rings is 1. The van der Waals surface area contributed by atoms with E-state index < -0.39 is 0 Å². The van der Waals surface area contributed by atoms with Crippen LogP contribution < -0.4 is 0 Å². The summed E-state index contributed by atoms with van der Waals surface area (Å²) < 4.78 is 1.84. The van der Waals surface area contributed by atoms with Gasteiger partial charge in [0.25, 0.3) is 5.91 Å². The first-order valence-corrected chi connectivity index (χ1v) is 8.11. The lowest BCUT2D eigenvalue weighted by Crippen LogP contribution is -2.39. The molecule has 0 radical (unpaired) electrons. The summed E-state index contributed by atoms with van der Waals surface area (Å²) in [5, 5.41) is 14.2. The van der Waals surface area contributed by atoms with Crippen molar-refractivity contribution < 1.29 is 9.90 Å². The Morgan fingerprint density at radius 2 is 2.13 bits per heavy atom. The van der Waals surface area contributed by atoms with Gasteiger partial charge in [0.2, 0.25) is 0 Å². The molecule has 1 aromatic carbocycles. The molecule has 2 heterocycles. The van der Waals surface area contributed by atoms with Crippen molar-refractivity contribution in [1.82, 2.24) is 19.7 Å². The first-order valence-electron chi connectivity index (χ1n) is 8.11. The van der Waals surface area contributed by atoms with E-state index in [9.17, 15) is 9.90 Å². The fraction of sp³-hybridized carbons (Fsp3) is 0.471. The number of rotatable bonds is 4. The summed E-state index contributed by atoms with van der Waals surface area (Å²) in [5.41, 5.74) is 1.43. The lowest BCUT2D eigenvalue weighted by Gasteiger charge is -2.32. The van der Waals surface area contributed by atoms with E-state index in [4.69, 9.17) is 0 Å². The summed E-state index contributed by atoms with van der Waals surface area (Å²) >= 11 is 0. The molecule has 1 fully saturated rings. The Morgan fingerprint density at radius 3 is 2.74 bits per heavy atom. The van der Waals surface area contributed by atoms with Crippen LogP contribution in [0.3, 0.4) is 0 Å². The van der Waals surface area contributed by atoms with Crippen LogP contribution in [0.15, 0.2) is 30.9 Å². The van der Waals surface area contributed by atoms with E-state index in [-0.39, 0.29) is 11.7 Å². The minimum Gasteiger partial charge on any atom is -0.507 e. The number of aryl methyl sites for hydroxylation is 1. The van der Waals surface area contributed by atoms with Gasteiger partial charge in [-0.25, -0.2) is 4.98 Å². The molecule has 0 aliphatic carbocycles. The zero-order valence-corrected chi connectivity index (χ0v) is 13.4. The zero-order valence-electron chi connectivity index (χ0n) is 13.4. The van der Waals surface area contributed by atoms with Gasteiger partial charge in [-0.15, -0.1) is 0 Å². The van der Waals surface area contributed by atoms with Crippen molar-refractivity contribution in [2.24, 2.45) is 5.92 Å². The maximum absolute atomic E-state index is 12.6. The minimum absolute atomic E-state index is 0.0793. The number of phenols is 1. The van der Waals surface area contributed by atoms with Crippen LogP contribution in [0.5, 0.6) is 5.75 Å². The Bertz CT molecular complexity index is 661. The minimum atomic E-state index is -0.0793. The Labute approximate surface area is 135 Å². The van der Waals surface area contributed by atoms with Crippen molar-refractivity contribution >= 4 is 5.91 Å². The molecule has 122 valence electrons. The van der Waals surface area contributed by atoms with Crippen LogP contribution in [0.25, 0.3) is 0 Å². The summed E-state index contributed by atoms with van der Waals surface area (Å²) in [6.45, 7) is 4.30. The third-order valence-corrected chi connectivity index (χ3v) is 4.51. The highest BCUT2D eigenvalue weighted by Crippen LogP contribution is 2.24. The lowest BCUT2D eigenvalue weighted by molar-refractivity contribution is 0.0678. The summed E-state index contributed by atoms with van der Waals surface area (Å²) in [7, 11) is 0. The Kier molecular flexibility index (Phi) is 4.60. The van der Waals surface area contributed by atoms with Crippen LogP contribution in [-0.2, 0) is 13.0 Å². The number of carbonyl (C=O) groups is 1. The molecule has 0 saturated carbocycles. The van der Waals surface area contributed by atoms with Gasteiger partial charge < -0.3 is 10.0 Å². The van der Waals surface area contributed by atoms with Crippen molar-refractivity contribution in [3.63, 3.8) is 0 Å². The lowest BCUT2D eigenvalue weighted by atomic mass is 9.96. The molecule has 1 aliphatic heterocycles. The number of aromatic nitrogens is 3. The van der Waals surface area contributed by atoms with E-state index >= 15 is 0 Å². The van der Waals surface area contributed by atoms with Crippen LogP contribution in [0.1, 0.15) is 35.7 Å². The highest BCUT2D eigenvalue weighted by Gasteiger charge is 2.25. The Hall–Kier alpha value is -2.37. The van der Waals surface area contributed by atoms with Gasteiger partial charge in [0.1, 0.15) is 18.4 Å². The Morgan fingerprint density at radius 1 is 1.35 bits per heavy atom. The smallest absolute Gasteiger partial charge is 0.257 e. The number of aromatic hydroxyl groups is 1. The molecule has 1 aliphatic rings. The van der Waals surface area contributed by atoms with E-state index in [0.29, 0.717) is 24.6 Å².